The fraction of sp³-hybridized carbons (Fsp3) is 0.417. The monoisotopic (exact) mass is 192 g/mol. The quantitative estimate of drug-likeness (QED) is 0.380. The average Bonchev–Trinajstić information content (AvgIpc) is 2.43. The summed E-state index contributed by atoms with van der Waals surface area (Å²) in [5.74, 6) is 0.880. The predicted molar refractivity (Wildman–Crippen MR) is 56.8 cm³/mol. The molecule has 0 saturated carbocycles. The van der Waals surface area contributed by atoms with Gasteiger partial charge in [-0.1, -0.05) is 18.2 Å². The Bertz CT molecular complexity index is 251. The van der Waals surface area contributed by atoms with Gasteiger partial charge in [0.1, 0.15) is 6.29 Å². The van der Waals surface area contributed by atoms with Gasteiger partial charge >= 0.3 is 0 Å². The molecule has 0 bridgehead atoms. The normalized spacial score (nSPS) is 20.9. The van der Waals surface area contributed by atoms with Gasteiger partial charge in [-0.2, -0.15) is 0 Å². The van der Waals surface area contributed by atoms with Gasteiger partial charge in [0.15, 0.2) is 0 Å². The minimum atomic E-state index is -0.0209. The summed E-state index contributed by atoms with van der Waals surface area (Å²) in [6.45, 7) is 4.27. The second kappa shape index (κ2) is 6.19. The van der Waals surface area contributed by atoms with Gasteiger partial charge in [0.25, 0.3) is 0 Å². The molecular weight excluding hydrogens is 176 g/mol. The van der Waals surface area contributed by atoms with E-state index in [1.165, 1.54) is 0 Å². The molecule has 0 aliphatic heterocycles. The van der Waals surface area contributed by atoms with Crippen molar-refractivity contribution in [2.45, 2.75) is 19.3 Å². The van der Waals surface area contributed by atoms with Crippen molar-refractivity contribution in [1.29, 1.82) is 0 Å². The van der Waals surface area contributed by atoms with Crippen molar-refractivity contribution in [3.05, 3.63) is 36.6 Å². The van der Waals surface area contributed by atoms with E-state index in [4.69, 9.17) is 4.74 Å². The van der Waals surface area contributed by atoms with E-state index in [1.807, 2.05) is 24.3 Å². The molecule has 0 radical (unpaired) electrons. The van der Waals surface area contributed by atoms with Gasteiger partial charge in [-0.3, -0.25) is 0 Å². The van der Waals surface area contributed by atoms with Crippen molar-refractivity contribution < 1.29 is 9.53 Å². The van der Waals surface area contributed by atoms with Crippen LogP contribution >= 0.6 is 0 Å². The van der Waals surface area contributed by atoms with Crippen LogP contribution in [0.2, 0.25) is 0 Å². The first-order chi connectivity index (χ1) is 6.86. The fourth-order valence-electron chi connectivity index (χ4n) is 1.30. The molecule has 0 spiro atoms. The summed E-state index contributed by atoms with van der Waals surface area (Å²) in [5, 5.41) is 0. The fourth-order valence-corrected chi connectivity index (χ4v) is 1.30. The van der Waals surface area contributed by atoms with Crippen molar-refractivity contribution in [2.24, 2.45) is 5.92 Å². The number of allylic oxidation sites excluding steroid dienone is 3. The van der Waals surface area contributed by atoms with Gasteiger partial charge in [-0.05, 0) is 18.9 Å². The van der Waals surface area contributed by atoms with Crippen LogP contribution in [0.1, 0.15) is 19.3 Å². The first-order valence-electron chi connectivity index (χ1n) is 4.91. The van der Waals surface area contributed by atoms with Crippen LogP contribution in [0.4, 0.5) is 0 Å². The van der Waals surface area contributed by atoms with E-state index in [0.717, 1.165) is 31.3 Å². The largest absolute Gasteiger partial charge is 0.498 e. The Hall–Kier alpha value is -1.31. The van der Waals surface area contributed by atoms with Crippen LogP contribution < -0.4 is 0 Å². The third-order valence-electron chi connectivity index (χ3n) is 2.08. The van der Waals surface area contributed by atoms with Gasteiger partial charge in [0.05, 0.1) is 12.4 Å². The van der Waals surface area contributed by atoms with Crippen LogP contribution in [0.25, 0.3) is 0 Å². The van der Waals surface area contributed by atoms with Crippen LogP contribution in [0, 0.1) is 5.92 Å². The van der Waals surface area contributed by atoms with Crippen molar-refractivity contribution >= 4 is 6.29 Å². The lowest BCUT2D eigenvalue weighted by molar-refractivity contribution is -0.109. The lowest BCUT2D eigenvalue weighted by atomic mass is 10.1. The molecule has 2 heteroatoms. The molecule has 0 aromatic carbocycles. The molecule has 2 nitrogen and oxygen atoms in total. The summed E-state index contributed by atoms with van der Waals surface area (Å²) >= 11 is 0. The van der Waals surface area contributed by atoms with E-state index in [0.29, 0.717) is 6.61 Å². The number of carbonyl (C=O) groups is 1. The van der Waals surface area contributed by atoms with Gasteiger partial charge in [0, 0.05) is 12.3 Å². The molecule has 0 saturated heterocycles. The van der Waals surface area contributed by atoms with E-state index in [2.05, 4.69) is 6.58 Å². The maximum Gasteiger partial charge on any atom is 0.127 e. The number of carbonyl (C=O) groups excluding carboxylic acids is 1. The van der Waals surface area contributed by atoms with Crippen LogP contribution in [0.3, 0.4) is 0 Å². The van der Waals surface area contributed by atoms with Crippen LogP contribution in [0.5, 0.6) is 0 Å². The van der Waals surface area contributed by atoms with Crippen molar-refractivity contribution in [1.82, 2.24) is 0 Å². The zero-order valence-corrected chi connectivity index (χ0v) is 8.32. The number of aldehydes is 1. The molecule has 1 rings (SSSR count). The molecule has 76 valence electrons. The lowest BCUT2D eigenvalue weighted by Crippen LogP contribution is -1.99. The van der Waals surface area contributed by atoms with Gasteiger partial charge in [-0.25, -0.2) is 0 Å². The van der Waals surface area contributed by atoms with E-state index in [9.17, 15) is 4.79 Å². The average molecular weight is 192 g/mol. The molecule has 0 aromatic rings. The van der Waals surface area contributed by atoms with Crippen molar-refractivity contribution in [3.8, 4) is 0 Å². The van der Waals surface area contributed by atoms with E-state index >= 15 is 0 Å². The summed E-state index contributed by atoms with van der Waals surface area (Å²) in [6, 6.07) is 0. The molecule has 0 aromatic heterocycles. The number of hydrogen-bond acceptors (Lipinski definition) is 2. The van der Waals surface area contributed by atoms with Crippen LogP contribution in [-0.2, 0) is 9.53 Å². The van der Waals surface area contributed by atoms with E-state index < -0.39 is 0 Å². The topological polar surface area (TPSA) is 26.3 Å². The first kappa shape index (κ1) is 10.8. The smallest absolute Gasteiger partial charge is 0.127 e. The SMILES string of the molecule is C=CCCOC1=CC(C=O)CC=CC1. The van der Waals surface area contributed by atoms with Gasteiger partial charge < -0.3 is 9.53 Å². The molecule has 0 heterocycles. The third-order valence-corrected chi connectivity index (χ3v) is 2.08. The molecule has 0 N–H and O–H groups in total. The highest BCUT2D eigenvalue weighted by atomic mass is 16.5. The molecule has 1 unspecified atom stereocenters. The molecule has 1 atom stereocenters. The second-order valence-electron chi connectivity index (χ2n) is 3.27. The first-order valence-corrected chi connectivity index (χ1v) is 4.91. The van der Waals surface area contributed by atoms with Crippen LogP contribution in [0.15, 0.2) is 36.6 Å². The highest BCUT2D eigenvalue weighted by Gasteiger charge is 2.07. The highest BCUT2D eigenvalue weighted by molar-refractivity contribution is 5.57. The molecule has 14 heavy (non-hydrogen) atoms. The second-order valence-corrected chi connectivity index (χ2v) is 3.27. The minimum absolute atomic E-state index is 0.0209. The lowest BCUT2D eigenvalue weighted by Gasteiger charge is -2.07. The summed E-state index contributed by atoms with van der Waals surface area (Å²) in [6.07, 6.45) is 11.2. The van der Waals surface area contributed by atoms with Gasteiger partial charge in [0.2, 0.25) is 0 Å². The maximum atomic E-state index is 10.6. The Kier molecular flexibility index (Phi) is 4.76. The zero-order valence-electron chi connectivity index (χ0n) is 8.32. The maximum absolute atomic E-state index is 10.6. The molecule has 1 aliphatic rings. The Morgan fingerprint density at radius 2 is 2.43 bits per heavy atom. The van der Waals surface area contributed by atoms with Crippen LogP contribution in [-0.4, -0.2) is 12.9 Å². The summed E-state index contributed by atoms with van der Waals surface area (Å²) in [4.78, 5) is 10.6. The van der Waals surface area contributed by atoms with Crippen molar-refractivity contribution in [3.63, 3.8) is 0 Å². The van der Waals surface area contributed by atoms with E-state index in [-0.39, 0.29) is 5.92 Å². The molecule has 1 aliphatic carbocycles. The summed E-state index contributed by atoms with van der Waals surface area (Å²) in [5.41, 5.74) is 0. The number of hydrogen-bond donors (Lipinski definition) is 0. The Balaban J connectivity index is 2.47. The highest BCUT2D eigenvalue weighted by Crippen LogP contribution is 2.16. The molecule has 0 amide bonds. The predicted octanol–water partition coefficient (Wildman–Crippen LogP) is 2.63. The summed E-state index contributed by atoms with van der Waals surface area (Å²) < 4.78 is 5.52. The Labute approximate surface area is 85.0 Å². The molecule has 0 fully saturated rings. The van der Waals surface area contributed by atoms with E-state index in [1.54, 1.807) is 0 Å². The summed E-state index contributed by atoms with van der Waals surface area (Å²) in [7, 11) is 0. The molecular formula is C12H16O2. The third kappa shape index (κ3) is 3.60. The van der Waals surface area contributed by atoms with Crippen molar-refractivity contribution in [2.75, 3.05) is 6.61 Å². The Morgan fingerprint density at radius 3 is 3.14 bits per heavy atom. The van der Waals surface area contributed by atoms with Gasteiger partial charge in [-0.15, -0.1) is 6.58 Å². The zero-order chi connectivity index (χ0) is 10.2. The standard InChI is InChI=1S/C12H16O2/c1-2-3-8-14-12-7-5-4-6-11(9-12)10-13/h2,4-5,9-11H,1,3,6-8H2. The number of ether oxygens (including phenoxy) is 1. The number of rotatable bonds is 5. The minimum Gasteiger partial charge on any atom is -0.498 e. The Morgan fingerprint density at radius 1 is 1.57 bits per heavy atom.